The Morgan fingerprint density at radius 2 is 1.60 bits per heavy atom. The van der Waals surface area contributed by atoms with Crippen LogP contribution in [0.2, 0.25) is 0 Å². The Morgan fingerprint density at radius 3 is 2.32 bits per heavy atom. The van der Waals surface area contributed by atoms with E-state index in [9.17, 15) is 18.4 Å². The van der Waals surface area contributed by atoms with Crippen molar-refractivity contribution in [3.8, 4) is 5.88 Å². The zero-order chi connectivity index (χ0) is 44.0. The number of oxazole rings is 1. The smallest absolute Gasteiger partial charge is 0.280 e. The third kappa shape index (κ3) is 7.45. The number of nitrogens with one attached hydrogen (secondary N) is 2. The van der Waals surface area contributed by atoms with Crippen molar-refractivity contribution in [2.75, 3.05) is 48.4 Å². The molecule has 12 rings (SSSR count). The molecule has 65 heavy (non-hydrogen) atoms. The molecule has 17 nitrogen and oxygen atoms in total. The number of fused-ring (bicyclic) bond motifs is 4. The van der Waals surface area contributed by atoms with Crippen molar-refractivity contribution in [2.45, 2.75) is 119 Å². The van der Waals surface area contributed by atoms with E-state index in [0.717, 1.165) is 82.3 Å². The van der Waals surface area contributed by atoms with Gasteiger partial charge in [-0.1, -0.05) is 6.07 Å². The van der Waals surface area contributed by atoms with E-state index in [1.54, 1.807) is 18.5 Å². The van der Waals surface area contributed by atoms with Crippen molar-refractivity contribution in [1.82, 2.24) is 38.7 Å². The topological polar surface area (TPSA) is 188 Å². The SMILES string of the molecule is CC12CCC(c3cn4cc(NC(=O)c5coc(C6CC6)n5)nc(OC5CC(c6ccc(C(F)F)nc6C(=O)Nc6cn7cc(C8CCOCC8)nc7c(N7CCCC7)n6)C5)c4n3)(CO1)C2. The number of nitrogens with zero attached hydrogens (tertiary/aromatic N) is 9. The summed E-state index contributed by atoms with van der Waals surface area (Å²) in [5.41, 5.74) is 2.72. The first-order chi connectivity index (χ1) is 31.5. The minimum atomic E-state index is -2.88. The van der Waals surface area contributed by atoms with Crippen LogP contribution in [0.4, 0.5) is 26.2 Å². The van der Waals surface area contributed by atoms with Crippen molar-refractivity contribution in [1.29, 1.82) is 0 Å². The number of rotatable bonds is 12. The molecule has 2 bridgehead atoms. The van der Waals surface area contributed by atoms with Gasteiger partial charge in [-0.05, 0) is 95.1 Å². The summed E-state index contributed by atoms with van der Waals surface area (Å²) in [6, 6.07) is 2.84. The lowest BCUT2D eigenvalue weighted by atomic mass is 9.76. The largest absolute Gasteiger partial charge is 0.472 e. The summed E-state index contributed by atoms with van der Waals surface area (Å²) in [5.74, 6) is 1.13. The van der Waals surface area contributed by atoms with Crippen molar-refractivity contribution in [3.05, 3.63) is 83.1 Å². The summed E-state index contributed by atoms with van der Waals surface area (Å²) < 4.78 is 56.0. The first-order valence-electron chi connectivity index (χ1n) is 22.9. The van der Waals surface area contributed by atoms with E-state index in [0.29, 0.717) is 61.2 Å². The molecule has 2 amide bonds. The van der Waals surface area contributed by atoms with Crippen molar-refractivity contribution < 1.29 is 37.0 Å². The standard InChI is InChI=1S/C46H49F2N11O6/c1-45-10-11-46(23-45,24-64-45)33-19-59-21-35(54-41(60)32-22-63-43(51-32)26-4-5-26)56-44(40(59)52-33)65-28-16-27(17-28)29-6-7-30(37(47)48)49-36(29)42(61)55-34-20-58-18-31(25-8-14-62-15-9-25)50-38(58)39(53-34)57-12-2-3-13-57/h6-7,18-22,25-28,37H,2-5,8-17,23-24H2,1H3,(H,54,60)(H,55,61). The Labute approximate surface area is 371 Å². The minimum Gasteiger partial charge on any atom is -0.472 e. The van der Waals surface area contributed by atoms with E-state index >= 15 is 0 Å². The van der Waals surface area contributed by atoms with Crippen molar-refractivity contribution in [3.63, 3.8) is 0 Å². The molecule has 19 heteroatoms. The molecule has 0 spiro atoms. The number of aromatic nitrogens is 8. The Kier molecular flexibility index (Phi) is 9.66. The second-order valence-corrected chi connectivity index (χ2v) is 19.0. The number of amides is 2. The molecule has 3 saturated carbocycles. The molecule has 6 aliphatic rings. The molecule has 338 valence electrons. The molecule has 2 unspecified atom stereocenters. The third-order valence-electron chi connectivity index (χ3n) is 14.3. The monoisotopic (exact) mass is 889 g/mol. The highest BCUT2D eigenvalue weighted by Crippen LogP contribution is 2.54. The number of anilines is 3. The van der Waals surface area contributed by atoms with Crippen LogP contribution in [0.1, 0.15) is 151 Å². The van der Waals surface area contributed by atoms with Crippen molar-refractivity contribution >= 4 is 40.6 Å². The summed E-state index contributed by atoms with van der Waals surface area (Å²) in [7, 11) is 0. The van der Waals surface area contributed by atoms with E-state index < -0.39 is 23.9 Å². The first-order valence-corrected chi connectivity index (χ1v) is 22.9. The molecule has 2 atom stereocenters. The number of halogens is 2. The average Bonchev–Trinajstić information content (AvgIpc) is 3.95. The van der Waals surface area contributed by atoms with Gasteiger partial charge in [-0.15, -0.1) is 0 Å². The molecular formula is C46H49F2N11O6. The van der Waals surface area contributed by atoms with Crippen LogP contribution in [-0.2, 0) is 14.9 Å². The minimum absolute atomic E-state index is 0.0909. The van der Waals surface area contributed by atoms with Crippen LogP contribution in [0.25, 0.3) is 11.3 Å². The summed E-state index contributed by atoms with van der Waals surface area (Å²) in [4.78, 5) is 58.1. The average molecular weight is 890 g/mol. The van der Waals surface area contributed by atoms with E-state index in [4.69, 9.17) is 38.6 Å². The number of pyridine rings is 1. The van der Waals surface area contributed by atoms with Gasteiger partial charge in [-0.3, -0.25) is 18.4 Å². The summed E-state index contributed by atoms with van der Waals surface area (Å²) in [6.07, 6.45) is 14.9. The van der Waals surface area contributed by atoms with Gasteiger partial charge < -0.3 is 34.2 Å². The molecule has 6 aromatic heterocycles. The number of hydrogen-bond donors (Lipinski definition) is 2. The lowest BCUT2D eigenvalue weighted by Crippen LogP contribution is -2.34. The van der Waals surface area contributed by atoms with Crippen LogP contribution in [-0.4, -0.2) is 95.1 Å². The lowest BCUT2D eigenvalue weighted by molar-refractivity contribution is -0.00627. The molecular weight excluding hydrogens is 841 g/mol. The first kappa shape index (κ1) is 40.4. The van der Waals surface area contributed by atoms with Crippen LogP contribution in [0.5, 0.6) is 5.88 Å². The Balaban J connectivity index is 0.811. The third-order valence-corrected chi connectivity index (χ3v) is 14.3. The van der Waals surface area contributed by atoms with Crippen LogP contribution in [0.3, 0.4) is 0 Å². The second-order valence-electron chi connectivity index (χ2n) is 19.0. The molecule has 3 aliphatic carbocycles. The van der Waals surface area contributed by atoms with Gasteiger partial charge in [0.1, 0.15) is 23.8 Å². The maximum atomic E-state index is 14.2. The van der Waals surface area contributed by atoms with Crippen LogP contribution >= 0.6 is 0 Å². The number of ether oxygens (including phenoxy) is 3. The van der Waals surface area contributed by atoms with Gasteiger partial charge in [0.2, 0.25) is 5.65 Å². The summed E-state index contributed by atoms with van der Waals surface area (Å²) in [5, 5.41) is 5.77. The van der Waals surface area contributed by atoms with E-state index in [1.165, 1.54) is 12.3 Å². The molecule has 3 saturated heterocycles. The Hall–Kier alpha value is -6.08. The zero-order valence-corrected chi connectivity index (χ0v) is 36.0. The summed E-state index contributed by atoms with van der Waals surface area (Å²) in [6.45, 7) is 5.70. The van der Waals surface area contributed by atoms with Gasteiger partial charge in [0.05, 0.1) is 36.0 Å². The van der Waals surface area contributed by atoms with E-state index in [-0.39, 0.29) is 63.8 Å². The molecule has 2 N–H and O–H groups in total. The predicted molar refractivity (Wildman–Crippen MR) is 230 cm³/mol. The van der Waals surface area contributed by atoms with Gasteiger partial charge >= 0.3 is 0 Å². The van der Waals surface area contributed by atoms with Crippen LogP contribution in [0.15, 0.2) is 47.6 Å². The highest BCUT2D eigenvalue weighted by atomic mass is 19.3. The normalized spacial score (nSPS) is 25.5. The maximum absolute atomic E-state index is 14.2. The molecule has 0 aromatic carbocycles. The van der Waals surface area contributed by atoms with E-state index in [1.807, 2.05) is 21.2 Å². The fourth-order valence-electron chi connectivity index (χ4n) is 10.5. The number of alkyl halides is 2. The van der Waals surface area contributed by atoms with Crippen molar-refractivity contribution in [2.24, 2.45) is 0 Å². The molecule has 3 aliphatic heterocycles. The Morgan fingerprint density at radius 1 is 0.831 bits per heavy atom. The fourth-order valence-corrected chi connectivity index (χ4v) is 10.5. The number of imidazole rings is 2. The summed E-state index contributed by atoms with van der Waals surface area (Å²) >= 11 is 0. The second kappa shape index (κ2) is 15.5. The molecule has 6 fully saturated rings. The number of carbonyl (C=O) groups excluding carboxylic acids is 2. The quantitative estimate of drug-likeness (QED) is 0.123. The molecule has 6 aromatic rings. The van der Waals surface area contributed by atoms with Gasteiger partial charge in [-0.2, -0.15) is 4.98 Å². The Bertz CT molecular complexity index is 2830. The van der Waals surface area contributed by atoms with Gasteiger partial charge in [-0.25, -0.2) is 33.7 Å². The molecule has 0 radical (unpaired) electrons. The van der Waals surface area contributed by atoms with E-state index in [2.05, 4.69) is 32.4 Å². The highest BCUT2D eigenvalue weighted by Gasteiger charge is 2.55. The lowest BCUT2D eigenvalue weighted by Gasteiger charge is -2.36. The van der Waals surface area contributed by atoms with Crippen LogP contribution < -0.4 is 20.3 Å². The number of hydrogen-bond acceptors (Lipinski definition) is 13. The zero-order valence-electron chi connectivity index (χ0n) is 36.0. The van der Waals surface area contributed by atoms with Gasteiger partial charge in [0.15, 0.2) is 34.7 Å². The predicted octanol–water partition coefficient (Wildman–Crippen LogP) is 7.50. The molecule has 9 heterocycles. The number of carbonyl (C=O) groups is 2. The van der Waals surface area contributed by atoms with Crippen LogP contribution in [0, 0.1) is 0 Å². The van der Waals surface area contributed by atoms with Gasteiger partial charge in [0, 0.05) is 55.9 Å². The maximum Gasteiger partial charge on any atom is 0.280 e. The highest BCUT2D eigenvalue weighted by molar-refractivity contribution is 6.04. The van der Waals surface area contributed by atoms with Gasteiger partial charge in [0.25, 0.3) is 24.1 Å². The fraction of sp³-hybridized carbons (Fsp3) is 0.522.